The van der Waals surface area contributed by atoms with E-state index < -0.39 is 29.3 Å². The molecule has 2 aromatic carbocycles. The summed E-state index contributed by atoms with van der Waals surface area (Å²) in [5.74, 6) is -4.86. The third kappa shape index (κ3) is 3.89. The average Bonchev–Trinajstić information content (AvgIpc) is 3.07. The first-order chi connectivity index (χ1) is 12.9. The van der Waals surface area contributed by atoms with Crippen LogP contribution in [0.5, 0.6) is 5.75 Å². The van der Waals surface area contributed by atoms with Gasteiger partial charge in [-0.1, -0.05) is 0 Å². The summed E-state index contributed by atoms with van der Waals surface area (Å²) in [6, 6.07) is 8.30. The number of carbonyl (C=O) groups excluding carboxylic acids is 2. The number of methoxy groups -OCH3 is 1. The average molecular weight is 379 g/mol. The van der Waals surface area contributed by atoms with Crippen molar-refractivity contribution >= 4 is 17.6 Å². The lowest BCUT2D eigenvalue weighted by atomic mass is 10.1. The van der Waals surface area contributed by atoms with Crippen LogP contribution < -0.4 is 9.64 Å². The SMILES string of the molecule is COC(=O)C1CC(=O)N(c2ccc(OCc3ccc(F)c(F)c3F)cc2)C1. The van der Waals surface area contributed by atoms with Gasteiger partial charge in [0.1, 0.15) is 12.4 Å². The number of hydrogen-bond donors (Lipinski definition) is 0. The molecule has 1 aliphatic heterocycles. The van der Waals surface area contributed by atoms with Crippen molar-refractivity contribution in [2.45, 2.75) is 13.0 Å². The molecule has 0 spiro atoms. The van der Waals surface area contributed by atoms with Gasteiger partial charge in [0, 0.05) is 24.2 Å². The van der Waals surface area contributed by atoms with E-state index in [0.29, 0.717) is 11.4 Å². The fraction of sp³-hybridized carbons (Fsp3) is 0.263. The van der Waals surface area contributed by atoms with Gasteiger partial charge in [-0.15, -0.1) is 0 Å². The lowest BCUT2D eigenvalue weighted by molar-refractivity contribution is -0.145. The highest BCUT2D eigenvalue weighted by Gasteiger charge is 2.35. The number of esters is 1. The highest BCUT2D eigenvalue weighted by Crippen LogP contribution is 2.28. The van der Waals surface area contributed by atoms with Gasteiger partial charge in [-0.25, -0.2) is 13.2 Å². The fourth-order valence-electron chi connectivity index (χ4n) is 2.84. The van der Waals surface area contributed by atoms with E-state index in [1.807, 2.05) is 0 Å². The van der Waals surface area contributed by atoms with Gasteiger partial charge in [0.15, 0.2) is 17.5 Å². The minimum atomic E-state index is -1.54. The Morgan fingerprint density at radius 1 is 1.11 bits per heavy atom. The largest absolute Gasteiger partial charge is 0.489 e. The maximum atomic E-state index is 13.6. The number of anilines is 1. The van der Waals surface area contributed by atoms with Gasteiger partial charge in [0.2, 0.25) is 5.91 Å². The zero-order chi connectivity index (χ0) is 19.6. The molecule has 3 rings (SSSR count). The van der Waals surface area contributed by atoms with Crippen LogP contribution in [0.25, 0.3) is 0 Å². The van der Waals surface area contributed by atoms with Crippen LogP contribution in [0.1, 0.15) is 12.0 Å². The van der Waals surface area contributed by atoms with E-state index in [2.05, 4.69) is 4.74 Å². The molecule has 0 aromatic heterocycles. The van der Waals surface area contributed by atoms with Crippen molar-refractivity contribution < 1.29 is 32.2 Å². The number of ether oxygens (including phenoxy) is 2. The van der Waals surface area contributed by atoms with Crippen molar-refractivity contribution in [3.05, 3.63) is 59.4 Å². The summed E-state index contributed by atoms with van der Waals surface area (Å²) in [5, 5.41) is 0. The lowest BCUT2D eigenvalue weighted by Gasteiger charge is -2.17. The maximum absolute atomic E-state index is 13.6. The van der Waals surface area contributed by atoms with Crippen molar-refractivity contribution in [2.75, 3.05) is 18.6 Å². The normalized spacial score (nSPS) is 16.5. The topological polar surface area (TPSA) is 55.8 Å². The Morgan fingerprint density at radius 2 is 1.81 bits per heavy atom. The maximum Gasteiger partial charge on any atom is 0.311 e. The van der Waals surface area contributed by atoms with Crippen LogP contribution in [-0.4, -0.2) is 25.5 Å². The predicted molar refractivity (Wildman–Crippen MR) is 89.6 cm³/mol. The molecule has 1 atom stereocenters. The third-order valence-corrected chi connectivity index (χ3v) is 4.32. The second-order valence-corrected chi connectivity index (χ2v) is 6.05. The Balaban J connectivity index is 1.65. The van der Waals surface area contributed by atoms with Gasteiger partial charge in [-0.3, -0.25) is 9.59 Å². The van der Waals surface area contributed by atoms with Crippen molar-refractivity contribution in [1.29, 1.82) is 0 Å². The zero-order valence-corrected chi connectivity index (χ0v) is 14.4. The van der Waals surface area contributed by atoms with Crippen LogP contribution in [0.3, 0.4) is 0 Å². The van der Waals surface area contributed by atoms with Crippen LogP contribution >= 0.6 is 0 Å². The number of hydrogen-bond acceptors (Lipinski definition) is 4. The molecule has 1 amide bonds. The van der Waals surface area contributed by atoms with Gasteiger partial charge in [-0.05, 0) is 36.4 Å². The highest BCUT2D eigenvalue weighted by molar-refractivity contribution is 5.99. The predicted octanol–water partition coefficient (Wildman–Crippen LogP) is 3.21. The van der Waals surface area contributed by atoms with E-state index in [4.69, 9.17) is 4.74 Å². The van der Waals surface area contributed by atoms with Gasteiger partial charge < -0.3 is 14.4 Å². The van der Waals surface area contributed by atoms with Crippen molar-refractivity contribution in [2.24, 2.45) is 5.92 Å². The first-order valence-corrected chi connectivity index (χ1v) is 8.14. The number of nitrogens with zero attached hydrogens (tertiary/aromatic N) is 1. The summed E-state index contributed by atoms with van der Waals surface area (Å²) in [4.78, 5) is 25.1. The molecule has 1 fully saturated rings. The van der Waals surface area contributed by atoms with Crippen molar-refractivity contribution in [1.82, 2.24) is 0 Å². The van der Waals surface area contributed by atoms with E-state index in [-0.39, 0.29) is 31.0 Å². The molecule has 1 heterocycles. The summed E-state index contributed by atoms with van der Waals surface area (Å²) in [6.45, 7) is -0.0543. The van der Waals surface area contributed by atoms with Gasteiger partial charge in [0.05, 0.1) is 13.0 Å². The quantitative estimate of drug-likeness (QED) is 0.591. The number of amides is 1. The standard InChI is InChI=1S/C19H16F3NO4/c1-26-19(25)12-8-16(24)23(9-12)13-3-5-14(6-4-13)27-10-11-2-7-15(20)18(22)17(11)21/h2-7,12H,8-10H2,1H3. The number of carbonyl (C=O) groups is 2. The molecule has 1 saturated heterocycles. The molecule has 142 valence electrons. The van der Waals surface area contributed by atoms with E-state index in [1.165, 1.54) is 12.0 Å². The zero-order valence-electron chi connectivity index (χ0n) is 14.4. The monoisotopic (exact) mass is 379 g/mol. The smallest absolute Gasteiger partial charge is 0.311 e. The van der Waals surface area contributed by atoms with Crippen molar-refractivity contribution in [3.8, 4) is 5.75 Å². The van der Waals surface area contributed by atoms with Gasteiger partial charge >= 0.3 is 5.97 Å². The van der Waals surface area contributed by atoms with E-state index in [1.54, 1.807) is 24.3 Å². The number of benzene rings is 2. The molecule has 27 heavy (non-hydrogen) atoms. The first-order valence-electron chi connectivity index (χ1n) is 8.14. The fourth-order valence-corrected chi connectivity index (χ4v) is 2.84. The molecule has 2 aromatic rings. The number of rotatable bonds is 5. The van der Waals surface area contributed by atoms with Crippen LogP contribution in [0.15, 0.2) is 36.4 Å². The molecular weight excluding hydrogens is 363 g/mol. The molecule has 8 heteroatoms. The summed E-state index contributed by atoms with van der Waals surface area (Å²) in [5.41, 5.74) is 0.464. The van der Waals surface area contributed by atoms with Crippen molar-refractivity contribution in [3.63, 3.8) is 0 Å². The Hall–Kier alpha value is -3.03. The van der Waals surface area contributed by atoms with Crippen LogP contribution in [0.4, 0.5) is 18.9 Å². The van der Waals surface area contributed by atoms with Crippen LogP contribution in [-0.2, 0) is 20.9 Å². The molecule has 0 saturated carbocycles. The summed E-state index contributed by atoms with van der Waals surface area (Å²) in [6.07, 6.45) is 0.0837. The number of halogens is 3. The van der Waals surface area contributed by atoms with Crippen LogP contribution in [0, 0.1) is 23.4 Å². The molecule has 0 radical (unpaired) electrons. The van der Waals surface area contributed by atoms with E-state index >= 15 is 0 Å². The van der Waals surface area contributed by atoms with Gasteiger partial charge in [0.25, 0.3) is 0 Å². The molecule has 0 aliphatic carbocycles. The molecule has 0 bridgehead atoms. The second kappa shape index (κ2) is 7.69. The highest BCUT2D eigenvalue weighted by atomic mass is 19.2. The first kappa shape index (κ1) is 18.8. The second-order valence-electron chi connectivity index (χ2n) is 6.05. The molecule has 1 aliphatic rings. The molecular formula is C19H16F3NO4. The summed E-state index contributed by atoms with van der Waals surface area (Å²) in [7, 11) is 1.28. The molecule has 1 unspecified atom stereocenters. The Bertz CT molecular complexity index is 870. The minimum Gasteiger partial charge on any atom is -0.489 e. The van der Waals surface area contributed by atoms with Crippen LogP contribution in [0.2, 0.25) is 0 Å². The molecule has 5 nitrogen and oxygen atoms in total. The molecule has 0 N–H and O–H groups in total. The Labute approximate surface area is 153 Å². The summed E-state index contributed by atoms with van der Waals surface area (Å²) >= 11 is 0. The minimum absolute atomic E-state index is 0.0837. The lowest BCUT2D eigenvalue weighted by Crippen LogP contribution is -2.26. The van der Waals surface area contributed by atoms with E-state index in [9.17, 15) is 22.8 Å². The Morgan fingerprint density at radius 3 is 2.48 bits per heavy atom. The Kier molecular flexibility index (Phi) is 5.34. The van der Waals surface area contributed by atoms with E-state index in [0.717, 1.165) is 12.1 Å². The van der Waals surface area contributed by atoms with Gasteiger partial charge in [-0.2, -0.15) is 0 Å². The third-order valence-electron chi connectivity index (χ3n) is 4.32. The summed E-state index contributed by atoms with van der Waals surface area (Å²) < 4.78 is 49.8.